The third-order valence-corrected chi connectivity index (χ3v) is 6.36. The smallest absolute Gasteiger partial charge is 0.243 e. The molecule has 3 rings (SSSR count). The highest BCUT2D eigenvalue weighted by Gasteiger charge is 2.28. The molecular weight excluding hydrogens is 410 g/mol. The normalized spacial score (nSPS) is 11.5. The van der Waals surface area contributed by atoms with Crippen molar-refractivity contribution in [3.8, 4) is 0 Å². The van der Waals surface area contributed by atoms with E-state index < -0.39 is 34.1 Å². The van der Waals surface area contributed by atoms with Gasteiger partial charge in [-0.15, -0.1) is 0 Å². The number of hydrogen-bond acceptors (Lipinski definition) is 3. The summed E-state index contributed by atoms with van der Waals surface area (Å²) in [5.41, 5.74) is 1.13. The van der Waals surface area contributed by atoms with Gasteiger partial charge in [-0.05, 0) is 54.1 Å². The van der Waals surface area contributed by atoms with Gasteiger partial charge in [-0.2, -0.15) is 4.31 Å². The number of carbonyl (C=O) groups excluding carboxylic acids is 1. The molecule has 156 valence electrons. The van der Waals surface area contributed by atoms with Crippen LogP contribution < -0.4 is 4.90 Å². The van der Waals surface area contributed by atoms with E-state index in [9.17, 15) is 22.0 Å². The summed E-state index contributed by atoms with van der Waals surface area (Å²) in [5.74, 6) is -1.50. The summed E-state index contributed by atoms with van der Waals surface area (Å²) in [6.45, 7) is -0.480. The van der Waals surface area contributed by atoms with Crippen molar-refractivity contribution >= 4 is 21.6 Å². The number of anilines is 1. The molecule has 0 spiro atoms. The zero-order valence-electron chi connectivity index (χ0n) is 16.2. The van der Waals surface area contributed by atoms with Gasteiger partial charge in [0.1, 0.15) is 11.6 Å². The Hall–Kier alpha value is -3.10. The molecule has 0 aromatic heterocycles. The second-order valence-electron chi connectivity index (χ2n) is 6.64. The maximum absolute atomic E-state index is 13.3. The highest BCUT2D eigenvalue weighted by atomic mass is 32.2. The first-order valence-corrected chi connectivity index (χ1v) is 10.5. The van der Waals surface area contributed by atoms with Crippen LogP contribution in [-0.4, -0.2) is 32.2 Å². The minimum absolute atomic E-state index is 0.0381. The van der Waals surface area contributed by atoms with E-state index in [-0.39, 0.29) is 11.4 Å². The van der Waals surface area contributed by atoms with Crippen LogP contribution in [0, 0.1) is 11.6 Å². The maximum atomic E-state index is 13.3. The molecule has 3 aromatic rings. The Bertz CT molecular complexity index is 1100. The van der Waals surface area contributed by atoms with Crippen molar-refractivity contribution in [3.63, 3.8) is 0 Å². The van der Waals surface area contributed by atoms with Gasteiger partial charge in [0.2, 0.25) is 15.9 Å². The Balaban J connectivity index is 1.89. The number of nitrogens with zero attached hydrogens (tertiary/aromatic N) is 2. The summed E-state index contributed by atoms with van der Waals surface area (Å²) >= 11 is 0. The minimum Gasteiger partial charge on any atom is -0.314 e. The molecule has 0 saturated heterocycles. The SMILES string of the molecule is CN(C(=O)CN(Cc1ccccc1)S(=O)(=O)c1ccc(F)cc1)c1ccc(F)cc1. The first-order chi connectivity index (χ1) is 14.3. The average Bonchev–Trinajstić information content (AvgIpc) is 2.74. The zero-order chi connectivity index (χ0) is 21.7. The Morgan fingerprint density at radius 1 is 0.833 bits per heavy atom. The molecule has 0 N–H and O–H groups in total. The molecule has 0 heterocycles. The van der Waals surface area contributed by atoms with Gasteiger partial charge < -0.3 is 4.90 Å². The highest BCUT2D eigenvalue weighted by Crippen LogP contribution is 2.20. The highest BCUT2D eigenvalue weighted by molar-refractivity contribution is 7.89. The van der Waals surface area contributed by atoms with Gasteiger partial charge in [0.05, 0.1) is 11.4 Å². The van der Waals surface area contributed by atoms with E-state index >= 15 is 0 Å². The number of likely N-dealkylation sites (N-methyl/N-ethyl adjacent to an activating group) is 1. The molecule has 0 aliphatic carbocycles. The first-order valence-electron chi connectivity index (χ1n) is 9.09. The van der Waals surface area contributed by atoms with Gasteiger partial charge in [-0.25, -0.2) is 17.2 Å². The van der Waals surface area contributed by atoms with Crippen LogP contribution in [0.4, 0.5) is 14.5 Å². The molecule has 0 aliphatic rings. The van der Waals surface area contributed by atoms with Crippen LogP contribution >= 0.6 is 0 Å². The predicted octanol–water partition coefficient (Wildman–Crippen LogP) is 3.82. The Kier molecular flexibility index (Phi) is 6.59. The molecular formula is C22H20F2N2O3S. The van der Waals surface area contributed by atoms with Crippen molar-refractivity contribution in [2.75, 3.05) is 18.5 Å². The lowest BCUT2D eigenvalue weighted by Crippen LogP contribution is -2.41. The molecule has 0 unspecified atom stereocenters. The van der Waals surface area contributed by atoms with Gasteiger partial charge in [0.25, 0.3) is 0 Å². The quantitative estimate of drug-likeness (QED) is 0.573. The van der Waals surface area contributed by atoms with Crippen LogP contribution in [0.25, 0.3) is 0 Å². The van der Waals surface area contributed by atoms with Crippen molar-refractivity contribution in [3.05, 3.63) is 96.1 Å². The summed E-state index contributed by atoms with van der Waals surface area (Å²) in [6.07, 6.45) is 0. The molecule has 0 fully saturated rings. The second kappa shape index (κ2) is 9.15. The molecule has 30 heavy (non-hydrogen) atoms. The van der Waals surface area contributed by atoms with Crippen LogP contribution in [0.15, 0.2) is 83.8 Å². The third kappa shape index (κ3) is 5.08. The second-order valence-corrected chi connectivity index (χ2v) is 8.58. The van der Waals surface area contributed by atoms with Crippen LogP contribution in [0.1, 0.15) is 5.56 Å². The summed E-state index contributed by atoms with van der Waals surface area (Å²) in [6, 6.07) is 18.6. The molecule has 5 nitrogen and oxygen atoms in total. The van der Waals surface area contributed by atoms with E-state index in [1.807, 2.05) is 0 Å². The number of hydrogen-bond donors (Lipinski definition) is 0. The molecule has 0 aliphatic heterocycles. The molecule has 0 radical (unpaired) electrons. The minimum atomic E-state index is -4.07. The Labute approximate surface area is 174 Å². The lowest BCUT2D eigenvalue weighted by Gasteiger charge is -2.25. The molecule has 8 heteroatoms. The van der Waals surface area contributed by atoms with Crippen LogP contribution in [0.2, 0.25) is 0 Å². The van der Waals surface area contributed by atoms with Crippen molar-refractivity contribution in [1.29, 1.82) is 0 Å². The van der Waals surface area contributed by atoms with E-state index in [4.69, 9.17) is 0 Å². The van der Waals surface area contributed by atoms with E-state index in [1.54, 1.807) is 30.3 Å². The molecule has 0 saturated carbocycles. The number of carbonyl (C=O) groups is 1. The number of benzene rings is 3. The van der Waals surface area contributed by atoms with Crippen molar-refractivity contribution in [2.24, 2.45) is 0 Å². The lowest BCUT2D eigenvalue weighted by molar-refractivity contribution is -0.118. The largest absolute Gasteiger partial charge is 0.314 e. The van der Waals surface area contributed by atoms with Gasteiger partial charge in [0, 0.05) is 19.3 Å². The standard InChI is InChI=1S/C22H20F2N2O3S/c1-25(20-11-7-18(23)8-12-20)22(27)16-26(15-17-5-3-2-4-6-17)30(28,29)21-13-9-19(24)10-14-21/h2-14H,15-16H2,1H3. The van der Waals surface area contributed by atoms with Crippen molar-refractivity contribution in [1.82, 2.24) is 4.31 Å². The van der Waals surface area contributed by atoms with E-state index in [0.717, 1.165) is 28.6 Å². The van der Waals surface area contributed by atoms with Crippen LogP contribution in [0.5, 0.6) is 0 Å². The first kappa shape index (κ1) is 21.6. The molecule has 0 atom stereocenters. The maximum Gasteiger partial charge on any atom is 0.243 e. The number of halogens is 2. The molecule has 0 bridgehead atoms. The van der Waals surface area contributed by atoms with Gasteiger partial charge >= 0.3 is 0 Å². The fourth-order valence-electron chi connectivity index (χ4n) is 2.83. The van der Waals surface area contributed by atoms with Crippen LogP contribution in [-0.2, 0) is 21.4 Å². The topological polar surface area (TPSA) is 57.7 Å². The fourth-order valence-corrected chi connectivity index (χ4v) is 4.21. The number of sulfonamides is 1. The number of amides is 1. The van der Waals surface area contributed by atoms with Crippen molar-refractivity contribution < 1.29 is 22.0 Å². The summed E-state index contributed by atoms with van der Waals surface area (Å²) in [7, 11) is -2.59. The van der Waals surface area contributed by atoms with Gasteiger partial charge in [-0.1, -0.05) is 30.3 Å². The Morgan fingerprint density at radius 3 is 1.93 bits per heavy atom. The fraction of sp³-hybridized carbons (Fsp3) is 0.136. The monoisotopic (exact) mass is 430 g/mol. The molecule has 1 amide bonds. The van der Waals surface area contributed by atoms with Gasteiger partial charge in [0.15, 0.2) is 0 Å². The third-order valence-electron chi connectivity index (χ3n) is 4.55. The summed E-state index contributed by atoms with van der Waals surface area (Å²) in [5, 5.41) is 0. The summed E-state index contributed by atoms with van der Waals surface area (Å²) in [4.78, 5) is 14.0. The van der Waals surface area contributed by atoms with E-state index in [2.05, 4.69) is 0 Å². The molecule has 3 aromatic carbocycles. The lowest BCUT2D eigenvalue weighted by atomic mass is 10.2. The predicted molar refractivity (Wildman–Crippen MR) is 110 cm³/mol. The average molecular weight is 430 g/mol. The van der Waals surface area contributed by atoms with E-state index in [1.165, 1.54) is 36.2 Å². The van der Waals surface area contributed by atoms with E-state index in [0.29, 0.717) is 11.3 Å². The van der Waals surface area contributed by atoms with Crippen LogP contribution in [0.3, 0.4) is 0 Å². The van der Waals surface area contributed by atoms with Gasteiger partial charge in [-0.3, -0.25) is 4.79 Å². The zero-order valence-corrected chi connectivity index (χ0v) is 17.0. The van der Waals surface area contributed by atoms with Crippen molar-refractivity contribution in [2.45, 2.75) is 11.4 Å². The summed E-state index contributed by atoms with van der Waals surface area (Å²) < 4.78 is 53.8. The number of rotatable bonds is 7. The Morgan fingerprint density at radius 2 is 1.37 bits per heavy atom.